The van der Waals surface area contributed by atoms with E-state index in [1.807, 2.05) is 0 Å². The molecule has 0 bridgehead atoms. The van der Waals surface area contributed by atoms with Gasteiger partial charge in [0.05, 0.1) is 26.9 Å². The van der Waals surface area contributed by atoms with Crippen LogP contribution >= 0.6 is 11.3 Å². The summed E-state index contributed by atoms with van der Waals surface area (Å²) in [6.07, 6.45) is 0. The Morgan fingerprint density at radius 3 is 2.06 bits per heavy atom. The van der Waals surface area contributed by atoms with Gasteiger partial charge in [0.15, 0.2) is 0 Å². The van der Waals surface area contributed by atoms with Gasteiger partial charge >= 0.3 is 0 Å². The molecule has 53 heavy (non-hydrogen) atoms. The Bertz CT molecular complexity index is 3460. The average Bonchev–Trinajstić information content (AvgIpc) is 3.90. The monoisotopic (exact) mass is 693 g/mol. The first-order valence-electron chi connectivity index (χ1n) is 17.8. The maximum atomic E-state index is 6.43. The quantitative estimate of drug-likeness (QED) is 0.185. The summed E-state index contributed by atoms with van der Waals surface area (Å²) in [4.78, 5) is 11.0. The highest BCUT2D eigenvalue weighted by atomic mass is 32.1. The van der Waals surface area contributed by atoms with E-state index in [0.717, 1.165) is 81.7 Å². The van der Waals surface area contributed by atoms with Crippen molar-refractivity contribution in [3.05, 3.63) is 164 Å². The second kappa shape index (κ2) is 10.8. The molecule has 4 aromatic heterocycles. The second-order valence-electron chi connectivity index (χ2n) is 13.7. The predicted molar refractivity (Wildman–Crippen MR) is 222 cm³/mol. The molecule has 0 radical (unpaired) electrons. The highest BCUT2D eigenvalue weighted by molar-refractivity contribution is 7.26. The molecule has 0 aliphatic rings. The molecule has 0 aliphatic heterocycles. The number of thiophene rings is 1. The van der Waals surface area contributed by atoms with E-state index in [4.69, 9.17) is 14.4 Å². The topological polar surface area (TPSA) is 43.9 Å². The first-order chi connectivity index (χ1) is 26.3. The van der Waals surface area contributed by atoms with Crippen molar-refractivity contribution in [1.82, 2.24) is 14.5 Å². The van der Waals surface area contributed by atoms with Crippen LogP contribution in [0.15, 0.2) is 168 Å². The molecule has 0 N–H and O–H groups in total. The van der Waals surface area contributed by atoms with Crippen molar-refractivity contribution in [2.24, 2.45) is 0 Å². The molecule has 0 amide bonds. The fraction of sp³-hybridized carbons (Fsp3) is 0. The normalized spacial score (nSPS) is 12.2. The Morgan fingerprint density at radius 2 is 1.17 bits per heavy atom. The van der Waals surface area contributed by atoms with Crippen LogP contribution in [0.2, 0.25) is 0 Å². The minimum absolute atomic E-state index is 0.657. The molecule has 0 unspecified atom stereocenters. The minimum atomic E-state index is 0.657. The second-order valence-corrected chi connectivity index (χ2v) is 14.8. The van der Waals surface area contributed by atoms with Crippen LogP contribution in [-0.4, -0.2) is 14.5 Å². The summed E-state index contributed by atoms with van der Waals surface area (Å²) in [7, 11) is 0. The summed E-state index contributed by atoms with van der Waals surface area (Å²) in [5.74, 6) is 0.657. The summed E-state index contributed by atoms with van der Waals surface area (Å²) < 4.78 is 11.1. The minimum Gasteiger partial charge on any atom is -0.456 e. The van der Waals surface area contributed by atoms with Crippen molar-refractivity contribution in [2.75, 3.05) is 0 Å². The van der Waals surface area contributed by atoms with E-state index in [0.29, 0.717) is 5.95 Å². The van der Waals surface area contributed by atoms with Gasteiger partial charge in [-0.1, -0.05) is 140 Å². The van der Waals surface area contributed by atoms with Crippen LogP contribution in [0.5, 0.6) is 0 Å². The number of furan rings is 1. The molecule has 0 aliphatic carbocycles. The molecule has 12 rings (SSSR count). The SMILES string of the molecule is c1ccc(-c2nc(-n3c4c(-c5ccc6oc7ccc8ccccc8c7c6c5)cccc4c4ccc5ccccc5c43)nc3c2sc2ccccc23)cc1. The van der Waals surface area contributed by atoms with Gasteiger partial charge in [-0.05, 0) is 46.0 Å². The number of nitrogens with zero attached hydrogens (tertiary/aromatic N) is 3. The van der Waals surface area contributed by atoms with Crippen LogP contribution in [0.4, 0.5) is 0 Å². The van der Waals surface area contributed by atoms with Crippen molar-refractivity contribution in [3.8, 4) is 28.3 Å². The molecule has 0 saturated carbocycles. The summed E-state index contributed by atoms with van der Waals surface area (Å²) in [6, 6.07) is 58.2. The third-order valence-electron chi connectivity index (χ3n) is 10.8. The van der Waals surface area contributed by atoms with E-state index >= 15 is 0 Å². The third-order valence-corrected chi connectivity index (χ3v) is 12.0. The number of hydrogen-bond donors (Lipinski definition) is 0. The fourth-order valence-corrected chi connectivity index (χ4v) is 9.60. The first kappa shape index (κ1) is 28.8. The van der Waals surface area contributed by atoms with Gasteiger partial charge < -0.3 is 4.42 Å². The molecule has 0 spiro atoms. The summed E-state index contributed by atoms with van der Waals surface area (Å²) in [6.45, 7) is 0. The Hall–Kier alpha value is -6.82. The van der Waals surface area contributed by atoms with Gasteiger partial charge in [0.1, 0.15) is 11.2 Å². The molecular weight excluding hydrogens is 667 g/mol. The zero-order valence-electron chi connectivity index (χ0n) is 28.2. The van der Waals surface area contributed by atoms with Crippen molar-refractivity contribution >= 4 is 96.9 Å². The number of aromatic nitrogens is 3. The summed E-state index contributed by atoms with van der Waals surface area (Å²) in [5.41, 5.74) is 9.16. The molecule has 0 fully saturated rings. The van der Waals surface area contributed by atoms with E-state index in [1.54, 1.807) is 11.3 Å². The van der Waals surface area contributed by atoms with Crippen molar-refractivity contribution in [3.63, 3.8) is 0 Å². The lowest BCUT2D eigenvalue weighted by molar-refractivity contribution is 0.669. The first-order valence-corrected chi connectivity index (χ1v) is 18.6. The Balaban J connectivity index is 1.24. The number of fused-ring (bicyclic) bond motifs is 13. The van der Waals surface area contributed by atoms with Gasteiger partial charge in [0, 0.05) is 48.1 Å². The number of para-hydroxylation sites is 1. The largest absolute Gasteiger partial charge is 0.456 e. The van der Waals surface area contributed by atoms with E-state index in [2.05, 4.69) is 168 Å². The van der Waals surface area contributed by atoms with Crippen LogP contribution in [0.1, 0.15) is 0 Å². The molecule has 8 aromatic carbocycles. The van der Waals surface area contributed by atoms with E-state index in [9.17, 15) is 0 Å². The standard InChI is InChI=1S/C48H27N3OS/c1-2-13-30(14-3-1)43-47-44(37-17-8-9-20-41(37)53-47)50-48(49-43)51-45-33-16-7-5-12-29(33)21-24-36(45)35-19-10-18-34(46(35)51)31-23-25-39-38(27-31)42-32-15-6-4-11-28(32)22-26-40(42)52-39/h1-27H. The number of benzene rings is 8. The van der Waals surface area contributed by atoms with Gasteiger partial charge in [0.2, 0.25) is 5.95 Å². The smallest absolute Gasteiger partial charge is 0.235 e. The van der Waals surface area contributed by atoms with Crippen LogP contribution in [0.25, 0.3) is 114 Å². The molecule has 4 heterocycles. The Labute approximate surface area is 306 Å². The fourth-order valence-electron chi connectivity index (χ4n) is 8.45. The zero-order valence-corrected chi connectivity index (χ0v) is 29.1. The van der Waals surface area contributed by atoms with Crippen molar-refractivity contribution in [1.29, 1.82) is 0 Å². The summed E-state index contributed by atoms with van der Waals surface area (Å²) in [5, 5.41) is 10.4. The molecule has 0 atom stereocenters. The zero-order chi connectivity index (χ0) is 34.6. The summed E-state index contributed by atoms with van der Waals surface area (Å²) >= 11 is 1.76. The lowest BCUT2D eigenvalue weighted by Gasteiger charge is -2.13. The maximum absolute atomic E-state index is 6.43. The molecule has 246 valence electrons. The molecule has 5 heteroatoms. The van der Waals surface area contributed by atoms with Gasteiger partial charge in [-0.3, -0.25) is 4.57 Å². The van der Waals surface area contributed by atoms with Crippen molar-refractivity contribution < 1.29 is 4.42 Å². The van der Waals surface area contributed by atoms with Crippen molar-refractivity contribution in [2.45, 2.75) is 0 Å². The van der Waals surface area contributed by atoms with Gasteiger partial charge in [-0.2, -0.15) is 0 Å². The lowest BCUT2D eigenvalue weighted by atomic mass is 9.98. The average molecular weight is 694 g/mol. The van der Waals surface area contributed by atoms with Gasteiger partial charge in [0.25, 0.3) is 0 Å². The van der Waals surface area contributed by atoms with Crippen LogP contribution in [0.3, 0.4) is 0 Å². The number of rotatable bonds is 3. The predicted octanol–water partition coefficient (Wildman–Crippen LogP) is 13.5. The van der Waals surface area contributed by atoms with Crippen LogP contribution in [0, 0.1) is 0 Å². The van der Waals surface area contributed by atoms with Gasteiger partial charge in [-0.25, -0.2) is 9.97 Å². The Kier molecular flexibility index (Phi) is 5.90. The van der Waals surface area contributed by atoms with Crippen LogP contribution < -0.4 is 0 Å². The molecule has 4 nitrogen and oxygen atoms in total. The van der Waals surface area contributed by atoms with Crippen LogP contribution in [-0.2, 0) is 0 Å². The molecule has 12 aromatic rings. The number of hydrogen-bond acceptors (Lipinski definition) is 4. The molecular formula is C48H27N3OS. The third kappa shape index (κ3) is 4.11. The maximum Gasteiger partial charge on any atom is 0.235 e. The van der Waals surface area contributed by atoms with Gasteiger partial charge in [-0.15, -0.1) is 11.3 Å². The lowest BCUT2D eigenvalue weighted by Crippen LogP contribution is -2.04. The highest BCUT2D eigenvalue weighted by Gasteiger charge is 2.23. The van der Waals surface area contributed by atoms with E-state index < -0.39 is 0 Å². The molecule has 0 saturated heterocycles. The Morgan fingerprint density at radius 1 is 0.472 bits per heavy atom. The van der Waals surface area contributed by atoms with E-state index in [-0.39, 0.29) is 0 Å². The highest BCUT2D eigenvalue weighted by Crippen LogP contribution is 2.44. The van der Waals surface area contributed by atoms with E-state index in [1.165, 1.54) is 26.2 Å².